The molecule has 120 valence electrons. The monoisotopic (exact) mass is 322 g/mol. The number of carbonyl (C=O) groups excluding carboxylic acids is 2. The summed E-state index contributed by atoms with van der Waals surface area (Å²) in [7, 11) is 0. The first kappa shape index (κ1) is 16.9. The van der Waals surface area contributed by atoms with E-state index < -0.39 is 22.8 Å². The van der Waals surface area contributed by atoms with Gasteiger partial charge < -0.3 is 9.47 Å². The molecule has 0 aliphatic heterocycles. The van der Waals surface area contributed by atoms with E-state index in [2.05, 4.69) is 0 Å². The summed E-state index contributed by atoms with van der Waals surface area (Å²) >= 11 is 1.53. The summed E-state index contributed by atoms with van der Waals surface area (Å²) in [6.07, 6.45) is 0. The van der Waals surface area contributed by atoms with Crippen molar-refractivity contribution in [3.05, 3.63) is 30.3 Å². The van der Waals surface area contributed by atoms with E-state index in [-0.39, 0.29) is 18.5 Å². The lowest BCUT2D eigenvalue weighted by Gasteiger charge is -2.16. The van der Waals surface area contributed by atoms with Gasteiger partial charge in [0.05, 0.1) is 13.2 Å². The SMILES string of the molecule is CCOC(=O)C1(C(=O)OCC)C(Sc2ccccc2)C1(C)C. The number of ether oxygens (including phenoxy) is 2. The standard InChI is InChI=1S/C17H22O4S/c1-5-20-14(18)17(15(19)21-6-2)13(16(17,3)4)22-12-10-8-7-9-11-12/h7-11,13H,5-6H2,1-4H3. The molecule has 1 fully saturated rings. The summed E-state index contributed by atoms with van der Waals surface area (Å²) in [6.45, 7) is 7.82. The Morgan fingerprint density at radius 1 is 1.05 bits per heavy atom. The molecule has 4 nitrogen and oxygen atoms in total. The van der Waals surface area contributed by atoms with Gasteiger partial charge in [-0.3, -0.25) is 9.59 Å². The maximum absolute atomic E-state index is 12.5. The van der Waals surface area contributed by atoms with Crippen LogP contribution in [0, 0.1) is 10.8 Å². The minimum Gasteiger partial charge on any atom is -0.465 e. The molecule has 0 N–H and O–H groups in total. The number of hydrogen-bond acceptors (Lipinski definition) is 5. The Kier molecular flexibility index (Phi) is 4.85. The summed E-state index contributed by atoms with van der Waals surface area (Å²) in [5.41, 5.74) is -1.73. The van der Waals surface area contributed by atoms with Crippen LogP contribution in [0.25, 0.3) is 0 Å². The number of hydrogen-bond donors (Lipinski definition) is 0. The van der Waals surface area contributed by atoms with E-state index in [1.165, 1.54) is 11.8 Å². The molecule has 1 atom stereocenters. The summed E-state index contributed by atoms with van der Waals surface area (Å²) in [5.74, 6) is -0.959. The van der Waals surface area contributed by atoms with E-state index >= 15 is 0 Å². The van der Waals surface area contributed by atoms with Crippen molar-refractivity contribution >= 4 is 23.7 Å². The van der Waals surface area contributed by atoms with Gasteiger partial charge in [-0.05, 0) is 26.0 Å². The average Bonchev–Trinajstić information content (AvgIpc) is 2.97. The highest BCUT2D eigenvalue weighted by Gasteiger charge is 2.82. The van der Waals surface area contributed by atoms with Crippen LogP contribution >= 0.6 is 11.8 Å². The Balaban J connectivity index is 2.32. The topological polar surface area (TPSA) is 52.6 Å². The number of carbonyl (C=O) groups is 2. The van der Waals surface area contributed by atoms with E-state index in [0.29, 0.717) is 0 Å². The van der Waals surface area contributed by atoms with Crippen LogP contribution in [-0.2, 0) is 19.1 Å². The molecule has 0 heterocycles. The lowest BCUT2D eigenvalue weighted by molar-refractivity contribution is -0.166. The van der Waals surface area contributed by atoms with E-state index in [4.69, 9.17) is 9.47 Å². The van der Waals surface area contributed by atoms with Gasteiger partial charge in [0, 0.05) is 15.6 Å². The molecule has 22 heavy (non-hydrogen) atoms. The van der Waals surface area contributed by atoms with Gasteiger partial charge in [0.2, 0.25) is 0 Å². The highest BCUT2D eigenvalue weighted by atomic mass is 32.2. The maximum atomic E-state index is 12.5. The third-order valence-corrected chi connectivity index (χ3v) is 5.90. The Morgan fingerprint density at radius 3 is 2.00 bits per heavy atom. The van der Waals surface area contributed by atoms with Gasteiger partial charge in [-0.2, -0.15) is 0 Å². The molecule has 0 saturated heterocycles. The van der Waals surface area contributed by atoms with Crippen LogP contribution in [0.1, 0.15) is 27.7 Å². The van der Waals surface area contributed by atoms with Crippen molar-refractivity contribution in [1.29, 1.82) is 0 Å². The van der Waals surface area contributed by atoms with E-state index in [1.54, 1.807) is 13.8 Å². The zero-order chi connectivity index (χ0) is 16.4. The average molecular weight is 322 g/mol. The number of benzene rings is 1. The van der Waals surface area contributed by atoms with Gasteiger partial charge in [-0.15, -0.1) is 11.8 Å². The second-order valence-electron chi connectivity index (χ2n) is 5.78. The molecule has 0 radical (unpaired) electrons. The predicted octanol–water partition coefficient (Wildman–Crippen LogP) is 3.30. The smallest absolute Gasteiger partial charge is 0.325 e. The fourth-order valence-electron chi connectivity index (χ4n) is 2.90. The molecular formula is C17H22O4S. The minimum absolute atomic E-state index is 0.194. The van der Waals surface area contributed by atoms with Gasteiger partial charge in [-0.1, -0.05) is 32.0 Å². The van der Waals surface area contributed by atoms with Crippen molar-refractivity contribution in [2.24, 2.45) is 10.8 Å². The van der Waals surface area contributed by atoms with Crippen LogP contribution in [0.4, 0.5) is 0 Å². The van der Waals surface area contributed by atoms with Crippen molar-refractivity contribution in [3.63, 3.8) is 0 Å². The Bertz CT molecular complexity index is 535. The van der Waals surface area contributed by atoms with Crippen molar-refractivity contribution in [2.75, 3.05) is 13.2 Å². The number of rotatable bonds is 6. The molecule has 1 aromatic rings. The molecule has 1 aliphatic rings. The summed E-state index contributed by atoms with van der Waals surface area (Å²) in [6, 6.07) is 9.76. The first-order valence-electron chi connectivity index (χ1n) is 7.49. The molecule has 1 aromatic carbocycles. The zero-order valence-corrected chi connectivity index (χ0v) is 14.2. The second kappa shape index (κ2) is 6.32. The summed E-state index contributed by atoms with van der Waals surface area (Å²) in [4.78, 5) is 26.1. The summed E-state index contributed by atoms with van der Waals surface area (Å²) in [5, 5.41) is -0.194. The van der Waals surface area contributed by atoms with Crippen molar-refractivity contribution in [2.45, 2.75) is 37.8 Å². The predicted molar refractivity (Wildman–Crippen MR) is 85.6 cm³/mol. The fourth-order valence-corrected chi connectivity index (χ4v) is 4.57. The highest BCUT2D eigenvalue weighted by Crippen LogP contribution is 2.71. The fraction of sp³-hybridized carbons (Fsp3) is 0.529. The van der Waals surface area contributed by atoms with Gasteiger partial charge >= 0.3 is 11.9 Å². The van der Waals surface area contributed by atoms with E-state index in [1.807, 2.05) is 44.2 Å². The normalized spacial score (nSPS) is 21.0. The number of thioether (sulfide) groups is 1. The minimum atomic E-state index is -1.22. The van der Waals surface area contributed by atoms with Gasteiger partial charge in [0.1, 0.15) is 0 Å². The van der Waals surface area contributed by atoms with Crippen molar-refractivity contribution in [1.82, 2.24) is 0 Å². The van der Waals surface area contributed by atoms with Crippen molar-refractivity contribution < 1.29 is 19.1 Å². The zero-order valence-electron chi connectivity index (χ0n) is 13.4. The summed E-state index contributed by atoms with van der Waals surface area (Å²) < 4.78 is 10.4. The van der Waals surface area contributed by atoms with Crippen LogP contribution in [0.2, 0.25) is 0 Å². The van der Waals surface area contributed by atoms with E-state index in [9.17, 15) is 9.59 Å². The van der Waals surface area contributed by atoms with Crippen molar-refractivity contribution in [3.8, 4) is 0 Å². The quantitative estimate of drug-likeness (QED) is 0.594. The maximum Gasteiger partial charge on any atom is 0.325 e. The molecule has 0 bridgehead atoms. The lowest BCUT2D eigenvalue weighted by Crippen LogP contribution is -2.35. The van der Waals surface area contributed by atoms with Gasteiger partial charge in [0.15, 0.2) is 5.41 Å². The molecule has 0 spiro atoms. The highest BCUT2D eigenvalue weighted by molar-refractivity contribution is 8.00. The molecule has 1 saturated carbocycles. The first-order chi connectivity index (χ1) is 10.4. The number of esters is 2. The molecule has 0 amide bonds. The third-order valence-electron chi connectivity index (χ3n) is 4.17. The van der Waals surface area contributed by atoms with Crippen LogP contribution in [0.5, 0.6) is 0 Å². The molecule has 1 aliphatic carbocycles. The molecule has 5 heteroatoms. The van der Waals surface area contributed by atoms with E-state index in [0.717, 1.165) is 4.90 Å². The molecule has 1 unspecified atom stereocenters. The molecule has 0 aromatic heterocycles. The Labute approximate surface area is 135 Å². The first-order valence-corrected chi connectivity index (χ1v) is 8.37. The van der Waals surface area contributed by atoms with Gasteiger partial charge in [0.25, 0.3) is 0 Å². The lowest BCUT2D eigenvalue weighted by atomic mass is 9.96. The Hall–Kier alpha value is -1.49. The Morgan fingerprint density at radius 2 is 1.55 bits per heavy atom. The largest absolute Gasteiger partial charge is 0.465 e. The second-order valence-corrected chi connectivity index (χ2v) is 6.96. The van der Waals surface area contributed by atoms with Crippen LogP contribution in [-0.4, -0.2) is 30.4 Å². The third kappa shape index (κ3) is 2.51. The molecule has 2 rings (SSSR count). The van der Waals surface area contributed by atoms with Crippen LogP contribution in [0.15, 0.2) is 35.2 Å². The molecular weight excluding hydrogens is 300 g/mol. The van der Waals surface area contributed by atoms with Crippen LogP contribution < -0.4 is 0 Å². The van der Waals surface area contributed by atoms with Gasteiger partial charge in [-0.25, -0.2) is 0 Å². The van der Waals surface area contributed by atoms with Crippen LogP contribution in [0.3, 0.4) is 0 Å².